The van der Waals surface area contributed by atoms with Crippen LogP contribution in [-0.2, 0) is 6.54 Å². The van der Waals surface area contributed by atoms with Gasteiger partial charge in [-0.25, -0.2) is 0 Å². The van der Waals surface area contributed by atoms with Crippen molar-refractivity contribution in [3.8, 4) is 5.75 Å². The average Bonchev–Trinajstić information content (AvgIpc) is 3.04. The number of anilines is 1. The molecule has 3 rings (SSSR count). The maximum absolute atomic E-state index is 12.2. The van der Waals surface area contributed by atoms with Crippen LogP contribution in [0.25, 0.3) is 0 Å². The number of methoxy groups -OCH3 is 1. The Morgan fingerprint density at radius 2 is 2.21 bits per heavy atom. The molecule has 1 aromatic heterocycles. The number of carbonyl (C=O) groups is 1. The van der Waals surface area contributed by atoms with Crippen LogP contribution >= 0.6 is 11.3 Å². The molecule has 2 heterocycles. The van der Waals surface area contributed by atoms with E-state index in [0.717, 1.165) is 30.1 Å². The van der Waals surface area contributed by atoms with Crippen molar-refractivity contribution in [3.63, 3.8) is 0 Å². The number of carbonyl (C=O) groups excluding carboxylic acids is 1. The summed E-state index contributed by atoms with van der Waals surface area (Å²) >= 11 is 1.28. The molecule has 1 atom stereocenters. The lowest BCUT2D eigenvalue weighted by atomic mass is 10.1. The minimum atomic E-state index is -0.275. The minimum Gasteiger partial charge on any atom is -0.497 e. The van der Waals surface area contributed by atoms with Gasteiger partial charge in [-0.3, -0.25) is 9.69 Å². The number of nitrogens with zero attached hydrogens (tertiary/aromatic N) is 3. The molecule has 1 aromatic carbocycles. The van der Waals surface area contributed by atoms with Crippen molar-refractivity contribution in [2.75, 3.05) is 25.5 Å². The molecule has 1 fully saturated rings. The largest absolute Gasteiger partial charge is 0.497 e. The van der Waals surface area contributed by atoms with Gasteiger partial charge in [0.2, 0.25) is 5.01 Å². The Morgan fingerprint density at radius 3 is 2.92 bits per heavy atom. The molecule has 7 nitrogen and oxygen atoms in total. The van der Waals surface area contributed by atoms with Crippen LogP contribution in [0.1, 0.15) is 27.7 Å². The molecule has 1 unspecified atom stereocenters. The van der Waals surface area contributed by atoms with Crippen LogP contribution in [0.15, 0.2) is 24.3 Å². The molecule has 0 spiro atoms. The molecule has 0 aliphatic carbocycles. The second-order valence-corrected chi connectivity index (χ2v) is 6.78. The number of aromatic nitrogens is 2. The number of aliphatic hydroxyl groups excluding tert-OH is 1. The number of ether oxygens (including phenoxy) is 1. The second kappa shape index (κ2) is 7.69. The molecule has 0 bridgehead atoms. The Labute approximate surface area is 144 Å². The van der Waals surface area contributed by atoms with E-state index in [0.29, 0.717) is 23.8 Å². The predicted octanol–water partition coefficient (Wildman–Crippen LogP) is 1.76. The molecule has 1 amide bonds. The number of nitrogens with one attached hydrogen (secondary N) is 1. The van der Waals surface area contributed by atoms with Crippen molar-refractivity contribution in [2.24, 2.45) is 0 Å². The van der Waals surface area contributed by atoms with Gasteiger partial charge in [-0.2, -0.15) is 0 Å². The van der Waals surface area contributed by atoms with Gasteiger partial charge in [-0.1, -0.05) is 11.3 Å². The van der Waals surface area contributed by atoms with E-state index in [2.05, 4.69) is 20.4 Å². The van der Waals surface area contributed by atoms with E-state index >= 15 is 0 Å². The summed E-state index contributed by atoms with van der Waals surface area (Å²) in [4.78, 5) is 14.4. The van der Waals surface area contributed by atoms with Gasteiger partial charge in [-0.15, -0.1) is 10.2 Å². The highest BCUT2D eigenvalue weighted by Crippen LogP contribution is 2.19. The molecule has 8 heteroatoms. The van der Waals surface area contributed by atoms with Crippen molar-refractivity contribution in [1.82, 2.24) is 15.1 Å². The van der Waals surface area contributed by atoms with E-state index < -0.39 is 0 Å². The van der Waals surface area contributed by atoms with Crippen molar-refractivity contribution in [2.45, 2.75) is 25.5 Å². The smallest absolute Gasteiger partial charge is 0.286 e. The van der Waals surface area contributed by atoms with Gasteiger partial charge in [0, 0.05) is 12.2 Å². The van der Waals surface area contributed by atoms with E-state index in [1.807, 2.05) is 0 Å². The number of amides is 1. The molecule has 1 aliphatic rings. The molecule has 0 saturated carbocycles. The normalized spacial score (nSPS) is 18.3. The van der Waals surface area contributed by atoms with E-state index in [1.165, 1.54) is 11.3 Å². The lowest BCUT2D eigenvalue weighted by Crippen LogP contribution is -2.37. The molecule has 1 saturated heterocycles. The summed E-state index contributed by atoms with van der Waals surface area (Å²) < 4.78 is 5.09. The summed E-state index contributed by atoms with van der Waals surface area (Å²) in [5.74, 6) is 0.456. The summed E-state index contributed by atoms with van der Waals surface area (Å²) in [5.41, 5.74) is 0.678. The third kappa shape index (κ3) is 4.28. The Hall–Kier alpha value is -2.03. The second-order valence-electron chi connectivity index (χ2n) is 5.71. The van der Waals surface area contributed by atoms with E-state index in [9.17, 15) is 9.90 Å². The minimum absolute atomic E-state index is 0.274. The Bertz CT molecular complexity index is 689. The molecular weight excluding hydrogens is 328 g/mol. The Balaban J connectivity index is 1.58. The van der Waals surface area contributed by atoms with Crippen molar-refractivity contribution < 1.29 is 14.6 Å². The number of β-amino-alcohol motifs (C(OH)–C–C–N with tert-alkyl or cyclic N) is 1. The van der Waals surface area contributed by atoms with Crippen LogP contribution in [0.5, 0.6) is 5.75 Å². The van der Waals surface area contributed by atoms with Gasteiger partial charge in [0.25, 0.3) is 5.91 Å². The summed E-state index contributed by atoms with van der Waals surface area (Å²) in [6.45, 7) is 2.20. The first kappa shape index (κ1) is 16.8. The van der Waals surface area contributed by atoms with Crippen molar-refractivity contribution >= 4 is 22.9 Å². The van der Waals surface area contributed by atoms with E-state index in [-0.39, 0.29) is 12.0 Å². The number of aliphatic hydroxyl groups is 1. The first-order valence-electron chi connectivity index (χ1n) is 7.82. The quantitative estimate of drug-likeness (QED) is 0.856. The maximum Gasteiger partial charge on any atom is 0.286 e. The van der Waals surface area contributed by atoms with Crippen LogP contribution in [0, 0.1) is 0 Å². The standard InChI is InChI=1S/C16H20N4O3S/c1-23-13-6-4-11(5-7-13)17-15(22)16-19-18-14(24-16)10-20-8-2-3-12(21)9-20/h4-7,12,21H,2-3,8-10H2,1H3,(H,17,22). The molecule has 2 N–H and O–H groups in total. The summed E-state index contributed by atoms with van der Waals surface area (Å²) in [5, 5.41) is 21.7. The molecular formula is C16H20N4O3S. The molecule has 2 aromatic rings. The first-order valence-corrected chi connectivity index (χ1v) is 8.64. The lowest BCUT2D eigenvalue weighted by molar-refractivity contribution is 0.0667. The third-order valence-electron chi connectivity index (χ3n) is 3.85. The monoisotopic (exact) mass is 348 g/mol. The number of benzene rings is 1. The highest BCUT2D eigenvalue weighted by atomic mass is 32.1. The molecule has 24 heavy (non-hydrogen) atoms. The molecule has 128 valence electrons. The Kier molecular flexibility index (Phi) is 5.39. The van der Waals surface area contributed by atoms with E-state index in [4.69, 9.17) is 4.74 Å². The fourth-order valence-corrected chi connectivity index (χ4v) is 3.41. The average molecular weight is 348 g/mol. The van der Waals surface area contributed by atoms with Crippen LogP contribution in [-0.4, -0.2) is 52.4 Å². The molecule has 1 aliphatic heterocycles. The van der Waals surface area contributed by atoms with Gasteiger partial charge in [-0.05, 0) is 43.7 Å². The highest BCUT2D eigenvalue weighted by molar-refractivity contribution is 7.13. The predicted molar refractivity (Wildman–Crippen MR) is 91.4 cm³/mol. The van der Waals surface area contributed by atoms with Gasteiger partial charge >= 0.3 is 0 Å². The van der Waals surface area contributed by atoms with E-state index in [1.54, 1.807) is 31.4 Å². The van der Waals surface area contributed by atoms with Crippen molar-refractivity contribution in [3.05, 3.63) is 34.3 Å². The van der Waals surface area contributed by atoms with Gasteiger partial charge in [0.15, 0.2) is 0 Å². The lowest BCUT2D eigenvalue weighted by Gasteiger charge is -2.28. The molecule has 0 radical (unpaired) electrons. The SMILES string of the molecule is COc1ccc(NC(=O)c2nnc(CN3CCCC(O)C3)s2)cc1. The number of hydrogen-bond acceptors (Lipinski definition) is 7. The fraction of sp³-hybridized carbons (Fsp3) is 0.438. The number of piperidine rings is 1. The summed E-state index contributed by atoms with van der Waals surface area (Å²) in [7, 11) is 1.59. The summed E-state index contributed by atoms with van der Waals surface area (Å²) in [6.07, 6.45) is 1.55. The third-order valence-corrected chi connectivity index (χ3v) is 4.76. The zero-order chi connectivity index (χ0) is 16.9. The topological polar surface area (TPSA) is 87.6 Å². The van der Waals surface area contributed by atoms with Gasteiger partial charge < -0.3 is 15.2 Å². The van der Waals surface area contributed by atoms with Crippen LogP contribution in [0.2, 0.25) is 0 Å². The number of rotatable bonds is 5. The van der Waals surface area contributed by atoms with Crippen LogP contribution in [0.4, 0.5) is 5.69 Å². The number of hydrogen-bond donors (Lipinski definition) is 2. The van der Waals surface area contributed by atoms with Gasteiger partial charge in [0.1, 0.15) is 10.8 Å². The fourth-order valence-electron chi connectivity index (χ4n) is 2.63. The zero-order valence-corrected chi connectivity index (χ0v) is 14.3. The highest BCUT2D eigenvalue weighted by Gasteiger charge is 2.20. The maximum atomic E-state index is 12.2. The number of likely N-dealkylation sites (tertiary alicyclic amines) is 1. The summed E-state index contributed by atoms with van der Waals surface area (Å²) in [6, 6.07) is 7.10. The van der Waals surface area contributed by atoms with Gasteiger partial charge in [0.05, 0.1) is 19.8 Å². The zero-order valence-electron chi connectivity index (χ0n) is 13.4. The Morgan fingerprint density at radius 1 is 1.42 bits per heavy atom. The van der Waals surface area contributed by atoms with Crippen LogP contribution in [0.3, 0.4) is 0 Å². The van der Waals surface area contributed by atoms with Crippen molar-refractivity contribution in [1.29, 1.82) is 0 Å². The van der Waals surface area contributed by atoms with Crippen LogP contribution < -0.4 is 10.1 Å². The first-order chi connectivity index (χ1) is 11.6.